The largest absolute Gasteiger partial charge is 0.347 e. The van der Waals surface area contributed by atoms with Crippen LogP contribution in [0, 0.1) is 6.92 Å². The minimum atomic E-state index is -0.172. The molecule has 0 bridgehead atoms. The molecule has 4 heterocycles. The van der Waals surface area contributed by atoms with Crippen molar-refractivity contribution in [3.05, 3.63) is 56.7 Å². The lowest BCUT2D eigenvalue weighted by Gasteiger charge is -2.08. The minimum Gasteiger partial charge on any atom is -0.347 e. The fraction of sp³-hybridized carbons (Fsp3) is 0.368. The molecule has 1 aliphatic rings. The molecule has 0 radical (unpaired) electrons. The zero-order valence-corrected chi connectivity index (χ0v) is 15.4. The van der Waals surface area contributed by atoms with Crippen LogP contribution in [0.4, 0.5) is 0 Å². The lowest BCUT2D eigenvalue weighted by atomic mass is 10.2. The molecular weight excluding hydrogens is 348 g/mol. The Labute approximate surface area is 154 Å². The van der Waals surface area contributed by atoms with Crippen LogP contribution >= 0.6 is 11.3 Å². The number of aromatic nitrogens is 3. The SMILES string of the molecule is Cc1c(C(=O)NCc2cccnc2)sc2nc3n(c(=O)c12)CCCCC3. The van der Waals surface area contributed by atoms with Crippen molar-refractivity contribution in [2.75, 3.05) is 0 Å². The maximum atomic E-state index is 13.0. The average molecular weight is 368 g/mol. The lowest BCUT2D eigenvalue weighted by Crippen LogP contribution is -2.25. The molecule has 0 saturated carbocycles. The Morgan fingerprint density at radius 1 is 1.35 bits per heavy atom. The summed E-state index contributed by atoms with van der Waals surface area (Å²) >= 11 is 1.31. The number of aryl methyl sites for hydroxylation is 2. The van der Waals surface area contributed by atoms with Gasteiger partial charge < -0.3 is 5.32 Å². The van der Waals surface area contributed by atoms with Gasteiger partial charge >= 0.3 is 0 Å². The molecule has 0 unspecified atom stereocenters. The van der Waals surface area contributed by atoms with Crippen LogP contribution in [0.5, 0.6) is 0 Å². The number of carbonyl (C=O) groups excluding carboxylic acids is 1. The van der Waals surface area contributed by atoms with Crippen LogP contribution in [-0.4, -0.2) is 20.4 Å². The van der Waals surface area contributed by atoms with Gasteiger partial charge in [-0.1, -0.05) is 12.5 Å². The number of thiophene rings is 1. The third kappa shape index (κ3) is 3.03. The molecule has 0 spiro atoms. The van der Waals surface area contributed by atoms with Crippen molar-refractivity contribution < 1.29 is 4.79 Å². The van der Waals surface area contributed by atoms with E-state index in [4.69, 9.17) is 4.98 Å². The molecule has 3 aromatic heterocycles. The first-order valence-electron chi connectivity index (χ1n) is 8.85. The first-order chi connectivity index (χ1) is 12.6. The van der Waals surface area contributed by atoms with Gasteiger partial charge in [-0.15, -0.1) is 11.3 Å². The molecular formula is C19H20N4O2S. The number of hydrogen-bond donors (Lipinski definition) is 1. The molecule has 0 saturated heterocycles. The van der Waals surface area contributed by atoms with E-state index >= 15 is 0 Å². The third-order valence-electron chi connectivity index (χ3n) is 4.79. The van der Waals surface area contributed by atoms with E-state index in [1.54, 1.807) is 17.0 Å². The predicted molar refractivity (Wildman–Crippen MR) is 102 cm³/mol. The van der Waals surface area contributed by atoms with Crippen molar-refractivity contribution >= 4 is 27.5 Å². The maximum Gasteiger partial charge on any atom is 0.262 e. The summed E-state index contributed by atoms with van der Waals surface area (Å²) in [5.41, 5.74) is 1.65. The van der Waals surface area contributed by atoms with Crippen LogP contribution in [0.15, 0.2) is 29.3 Å². The van der Waals surface area contributed by atoms with Gasteiger partial charge in [-0.3, -0.25) is 19.1 Å². The number of amides is 1. The molecule has 0 aromatic carbocycles. The number of hydrogen-bond acceptors (Lipinski definition) is 5. The molecule has 1 aliphatic heterocycles. The van der Waals surface area contributed by atoms with Gasteiger partial charge in [-0.25, -0.2) is 4.98 Å². The van der Waals surface area contributed by atoms with Crippen LogP contribution in [0.25, 0.3) is 10.2 Å². The van der Waals surface area contributed by atoms with Crippen molar-refractivity contribution in [3.63, 3.8) is 0 Å². The van der Waals surface area contributed by atoms with Crippen LogP contribution < -0.4 is 10.9 Å². The van der Waals surface area contributed by atoms with Crippen molar-refractivity contribution in [2.24, 2.45) is 0 Å². The topological polar surface area (TPSA) is 76.9 Å². The molecule has 0 fully saturated rings. The zero-order valence-electron chi connectivity index (χ0n) is 14.6. The van der Waals surface area contributed by atoms with Crippen molar-refractivity contribution in [3.8, 4) is 0 Å². The van der Waals surface area contributed by atoms with Gasteiger partial charge in [0.1, 0.15) is 10.7 Å². The van der Waals surface area contributed by atoms with Gasteiger partial charge in [0.2, 0.25) is 0 Å². The summed E-state index contributed by atoms with van der Waals surface area (Å²) in [4.78, 5) is 35.6. The monoisotopic (exact) mass is 368 g/mol. The van der Waals surface area contributed by atoms with Gasteiger partial charge in [0.25, 0.3) is 11.5 Å². The first kappa shape index (κ1) is 16.9. The minimum absolute atomic E-state index is 0.00745. The number of fused-ring (bicyclic) bond motifs is 2. The Morgan fingerprint density at radius 3 is 3.04 bits per heavy atom. The van der Waals surface area contributed by atoms with E-state index in [0.717, 1.165) is 49.2 Å². The third-order valence-corrected chi connectivity index (χ3v) is 5.98. The Balaban J connectivity index is 1.68. The Bertz CT molecular complexity index is 1020. The summed E-state index contributed by atoms with van der Waals surface area (Å²) in [6.45, 7) is 2.96. The molecule has 1 N–H and O–H groups in total. The van der Waals surface area contributed by atoms with Gasteiger partial charge in [-0.05, 0) is 37.0 Å². The van der Waals surface area contributed by atoms with Crippen LogP contribution in [0.1, 0.15) is 45.9 Å². The van der Waals surface area contributed by atoms with E-state index < -0.39 is 0 Å². The molecule has 4 rings (SSSR count). The van der Waals surface area contributed by atoms with Gasteiger partial charge in [0, 0.05) is 31.9 Å². The van der Waals surface area contributed by atoms with Crippen LogP contribution in [-0.2, 0) is 19.5 Å². The molecule has 0 aliphatic carbocycles. The van der Waals surface area contributed by atoms with E-state index in [0.29, 0.717) is 21.6 Å². The summed E-state index contributed by atoms with van der Waals surface area (Å²) in [5.74, 6) is 0.678. The van der Waals surface area contributed by atoms with Gasteiger partial charge in [-0.2, -0.15) is 0 Å². The van der Waals surface area contributed by atoms with Crippen molar-refractivity contribution in [2.45, 2.75) is 45.7 Å². The molecule has 1 amide bonds. The summed E-state index contributed by atoms with van der Waals surface area (Å²) in [5, 5.41) is 3.50. The zero-order chi connectivity index (χ0) is 18.1. The summed E-state index contributed by atoms with van der Waals surface area (Å²) in [6.07, 6.45) is 7.43. The van der Waals surface area contributed by atoms with Gasteiger partial charge in [0.05, 0.1) is 10.3 Å². The second-order valence-corrected chi connectivity index (χ2v) is 7.57. The highest BCUT2D eigenvalue weighted by Crippen LogP contribution is 2.28. The van der Waals surface area contributed by atoms with E-state index in [-0.39, 0.29) is 11.5 Å². The van der Waals surface area contributed by atoms with Crippen molar-refractivity contribution in [1.82, 2.24) is 19.9 Å². The summed E-state index contributed by atoms with van der Waals surface area (Å²) in [6, 6.07) is 3.75. The second kappa shape index (κ2) is 6.99. The highest BCUT2D eigenvalue weighted by Gasteiger charge is 2.22. The predicted octanol–water partition coefficient (Wildman–Crippen LogP) is 2.82. The Morgan fingerprint density at radius 2 is 2.23 bits per heavy atom. The lowest BCUT2D eigenvalue weighted by molar-refractivity contribution is 0.0954. The molecule has 134 valence electrons. The van der Waals surface area contributed by atoms with E-state index in [2.05, 4.69) is 10.3 Å². The number of rotatable bonds is 3. The van der Waals surface area contributed by atoms with Crippen LogP contribution in [0.3, 0.4) is 0 Å². The number of pyridine rings is 1. The fourth-order valence-electron chi connectivity index (χ4n) is 3.39. The number of carbonyl (C=O) groups is 1. The number of nitrogens with zero attached hydrogens (tertiary/aromatic N) is 3. The molecule has 3 aromatic rings. The second-order valence-electron chi connectivity index (χ2n) is 6.58. The normalized spacial score (nSPS) is 14.0. The highest BCUT2D eigenvalue weighted by molar-refractivity contribution is 7.20. The molecule has 0 atom stereocenters. The smallest absolute Gasteiger partial charge is 0.262 e. The standard InChI is InChI=1S/C19H20N4O2S/c1-12-15-18(22-14-7-3-2-4-9-23(14)19(15)25)26-16(12)17(24)21-11-13-6-5-8-20-10-13/h5-6,8,10H,2-4,7,9,11H2,1H3,(H,21,24). The maximum absolute atomic E-state index is 13.0. The quantitative estimate of drug-likeness (QED) is 0.771. The van der Waals surface area contributed by atoms with Gasteiger partial charge in [0.15, 0.2) is 0 Å². The Hall–Kier alpha value is -2.54. The molecule has 26 heavy (non-hydrogen) atoms. The number of nitrogens with one attached hydrogen (secondary N) is 1. The summed E-state index contributed by atoms with van der Waals surface area (Å²) < 4.78 is 1.80. The van der Waals surface area contributed by atoms with Crippen molar-refractivity contribution in [1.29, 1.82) is 0 Å². The Kier molecular flexibility index (Phi) is 4.55. The van der Waals surface area contributed by atoms with E-state index in [1.807, 2.05) is 19.1 Å². The molecule has 7 heteroatoms. The first-order valence-corrected chi connectivity index (χ1v) is 9.66. The molecule has 6 nitrogen and oxygen atoms in total. The highest BCUT2D eigenvalue weighted by atomic mass is 32.1. The summed E-state index contributed by atoms with van der Waals surface area (Å²) in [7, 11) is 0. The van der Waals surface area contributed by atoms with E-state index in [9.17, 15) is 9.59 Å². The average Bonchev–Trinajstić information content (AvgIpc) is 2.82. The fourth-order valence-corrected chi connectivity index (χ4v) is 4.50. The van der Waals surface area contributed by atoms with Crippen LogP contribution in [0.2, 0.25) is 0 Å². The van der Waals surface area contributed by atoms with E-state index in [1.165, 1.54) is 11.3 Å².